The van der Waals surface area contributed by atoms with Crippen molar-refractivity contribution in [3.8, 4) is 17.0 Å². The van der Waals surface area contributed by atoms with Crippen molar-refractivity contribution in [2.24, 2.45) is 5.92 Å². The maximum absolute atomic E-state index is 13.7. The van der Waals surface area contributed by atoms with Gasteiger partial charge in [0.15, 0.2) is 11.4 Å². The average molecular weight is 617 g/mol. The van der Waals surface area contributed by atoms with E-state index in [4.69, 9.17) is 9.26 Å². The van der Waals surface area contributed by atoms with E-state index >= 15 is 0 Å². The summed E-state index contributed by atoms with van der Waals surface area (Å²) in [6.07, 6.45) is 8.34. The Morgan fingerprint density at radius 2 is 1.91 bits per heavy atom. The third-order valence-electron chi connectivity index (χ3n) is 9.71. The molecule has 1 spiro atoms. The summed E-state index contributed by atoms with van der Waals surface area (Å²) in [4.78, 5) is 19.6. The van der Waals surface area contributed by atoms with Gasteiger partial charge in [-0.3, -0.25) is 4.98 Å². The molecule has 3 saturated carbocycles. The van der Waals surface area contributed by atoms with Gasteiger partial charge in [0.25, 0.3) is 0 Å². The molecule has 4 aliphatic rings. The fourth-order valence-electron chi connectivity index (χ4n) is 6.97. The van der Waals surface area contributed by atoms with Crippen LogP contribution in [0.2, 0.25) is 0 Å². The van der Waals surface area contributed by atoms with E-state index in [9.17, 15) is 23.1 Å². The fourth-order valence-corrected chi connectivity index (χ4v) is 6.97. The van der Waals surface area contributed by atoms with Crippen molar-refractivity contribution in [3.05, 3.63) is 76.9 Å². The average Bonchev–Trinajstić information content (AvgIpc) is 3.71. The zero-order valence-electron chi connectivity index (χ0n) is 24.3. The molecule has 1 aromatic carbocycles. The van der Waals surface area contributed by atoms with Crippen LogP contribution in [0.25, 0.3) is 28.2 Å². The van der Waals surface area contributed by atoms with E-state index in [0.717, 1.165) is 68.5 Å². The number of fused-ring (bicyclic) bond motifs is 1. The number of alkyl halides is 3. The molecule has 0 amide bonds. The standard InChI is InChI=1S/C34H31F3N4O4/c35-34(36,37)31-23(5-2-12-38-31)29-22(30(45-41-29)19-7-8-19)10-6-18-15-33(16-18)17-27(40-33)20-9-11-25-24(13-20)28(44-21-3-1-4-21)14-26(39-25)32(42)43/h2,5-6,9-14,18-19,21,27,40H,1,3-4,7-8,15-17H2,(H,42,43). The molecular weight excluding hydrogens is 585 g/mol. The van der Waals surface area contributed by atoms with Crippen LogP contribution < -0.4 is 10.1 Å². The highest BCUT2D eigenvalue weighted by Crippen LogP contribution is 2.53. The number of carboxylic acid groups (broad SMARTS) is 1. The van der Waals surface area contributed by atoms with Crippen LogP contribution in [0.4, 0.5) is 13.2 Å². The molecule has 1 saturated heterocycles. The Bertz CT molecular complexity index is 1830. The van der Waals surface area contributed by atoms with Crippen molar-refractivity contribution >= 4 is 22.9 Å². The van der Waals surface area contributed by atoms with E-state index in [1.807, 2.05) is 18.2 Å². The molecule has 3 aliphatic carbocycles. The van der Waals surface area contributed by atoms with E-state index in [-0.39, 0.29) is 46.5 Å². The molecule has 1 aliphatic heterocycles. The maximum Gasteiger partial charge on any atom is 0.434 e. The number of allylic oxidation sites excluding steroid dienone is 1. The number of ether oxygens (including phenoxy) is 1. The number of aromatic nitrogens is 3. The summed E-state index contributed by atoms with van der Waals surface area (Å²) >= 11 is 0. The summed E-state index contributed by atoms with van der Waals surface area (Å²) in [5, 5.41) is 18.2. The molecule has 4 aromatic rings. The number of nitrogens with zero attached hydrogens (tertiary/aromatic N) is 3. The molecule has 3 aromatic heterocycles. The second-order valence-corrected chi connectivity index (χ2v) is 12.9. The van der Waals surface area contributed by atoms with Gasteiger partial charge in [-0.15, -0.1) is 0 Å². The first-order chi connectivity index (χ1) is 21.7. The Morgan fingerprint density at radius 1 is 1.11 bits per heavy atom. The number of rotatable bonds is 8. The van der Waals surface area contributed by atoms with Crippen molar-refractivity contribution < 1.29 is 32.3 Å². The molecule has 1 unspecified atom stereocenters. The second-order valence-electron chi connectivity index (χ2n) is 12.9. The highest BCUT2D eigenvalue weighted by Gasteiger charge is 2.52. The van der Waals surface area contributed by atoms with Crippen LogP contribution in [-0.2, 0) is 6.18 Å². The van der Waals surface area contributed by atoms with E-state index in [1.165, 1.54) is 18.2 Å². The van der Waals surface area contributed by atoms with Gasteiger partial charge >= 0.3 is 12.1 Å². The van der Waals surface area contributed by atoms with E-state index < -0.39 is 17.8 Å². The van der Waals surface area contributed by atoms with Gasteiger partial charge in [0.1, 0.15) is 17.2 Å². The Kier molecular flexibility index (Phi) is 6.53. The van der Waals surface area contributed by atoms with Gasteiger partial charge < -0.3 is 19.7 Å². The number of pyridine rings is 2. The highest BCUT2D eigenvalue weighted by molar-refractivity contribution is 5.93. The van der Waals surface area contributed by atoms with Gasteiger partial charge in [0.2, 0.25) is 0 Å². The van der Waals surface area contributed by atoms with Crippen LogP contribution in [0.3, 0.4) is 0 Å². The zero-order chi connectivity index (χ0) is 30.9. The van der Waals surface area contributed by atoms with Crippen LogP contribution >= 0.6 is 0 Å². The second kappa shape index (κ2) is 10.4. The van der Waals surface area contributed by atoms with Crippen molar-refractivity contribution in [1.82, 2.24) is 20.4 Å². The Labute approximate surface area is 256 Å². The quantitative estimate of drug-likeness (QED) is 0.207. The minimum absolute atomic E-state index is 0.0227. The number of benzene rings is 1. The number of aromatic carboxylic acids is 1. The van der Waals surface area contributed by atoms with Crippen LogP contribution in [0.1, 0.15) is 96.4 Å². The molecule has 8 rings (SSSR count). The predicted molar refractivity (Wildman–Crippen MR) is 159 cm³/mol. The molecule has 0 radical (unpaired) electrons. The Morgan fingerprint density at radius 3 is 2.60 bits per heavy atom. The van der Waals surface area contributed by atoms with Gasteiger partial charge in [-0.25, -0.2) is 9.78 Å². The largest absolute Gasteiger partial charge is 0.490 e. The highest BCUT2D eigenvalue weighted by atomic mass is 19.4. The van der Waals surface area contributed by atoms with Crippen molar-refractivity contribution in [3.63, 3.8) is 0 Å². The van der Waals surface area contributed by atoms with Crippen molar-refractivity contribution in [2.45, 2.75) is 81.1 Å². The number of carbonyl (C=O) groups is 1. The lowest BCUT2D eigenvalue weighted by Gasteiger charge is -2.58. The van der Waals surface area contributed by atoms with Gasteiger partial charge in [-0.1, -0.05) is 23.4 Å². The first-order valence-electron chi connectivity index (χ1n) is 15.5. The van der Waals surface area contributed by atoms with Gasteiger partial charge in [-0.05, 0) is 87.1 Å². The zero-order valence-corrected chi connectivity index (χ0v) is 24.3. The number of halogens is 3. The minimum Gasteiger partial charge on any atom is -0.490 e. The summed E-state index contributed by atoms with van der Waals surface area (Å²) in [6, 6.07) is 10.5. The van der Waals surface area contributed by atoms with Crippen LogP contribution in [0, 0.1) is 5.92 Å². The normalized spacial score (nSPS) is 24.9. The summed E-state index contributed by atoms with van der Waals surface area (Å²) in [5.41, 5.74) is 1.48. The molecule has 11 heteroatoms. The lowest BCUT2D eigenvalue weighted by atomic mass is 9.60. The topological polar surface area (TPSA) is 110 Å². The Hall–Kier alpha value is -4.25. The fraction of sp³-hybridized carbons (Fsp3) is 0.412. The number of nitrogens with one attached hydrogen (secondary N) is 1. The first-order valence-corrected chi connectivity index (χ1v) is 15.5. The maximum atomic E-state index is 13.7. The minimum atomic E-state index is -4.60. The van der Waals surface area contributed by atoms with Crippen molar-refractivity contribution in [2.75, 3.05) is 0 Å². The summed E-state index contributed by atoms with van der Waals surface area (Å²) in [7, 11) is 0. The molecule has 8 nitrogen and oxygen atoms in total. The molecule has 45 heavy (non-hydrogen) atoms. The van der Waals surface area contributed by atoms with E-state index in [2.05, 4.69) is 32.6 Å². The third kappa shape index (κ3) is 5.16. The molecular formula is C34H31F3N4O4. The molecule has 4 fully saturated rings. The smallest absolute Gasteiger partial charge is 0.434 e. The lowest BCUT2D eigenvalue weighted by Crippen LogP contribution is -2.65. The molecule has 0 bridgehead atoms. The SMILES string of the molecule is O=C(O)c1cc(OC2CCC2)c2cc(C3CC4(CC(C=Cc5c(-c6cccnc6C(F)(F)F)noc5C5CC5)C4)N3)ccc2n1. The molecule has 2 N–H and O–H groups in total. The van der Waals surface area contributed by atoms with Gasteiger partial charge in [0, 0.05) is 46.3 Å². The van der Waals surface area contributed by atoms with Crippen LogP contribution in [0.15, 0.2) is 53.2 Å². The number of carboxylic acids is 1. The number of hydrogen-bond acceptors (Lipinski definition) is 7. The van der Waals surface area contributed by atoms with Crippen LogP contribution in [0.5, 0.6) is 5.75 Å². The molecule has 1 atom stereocenters. The van der Waals surface area contributed by atoms with Crippen molar-refractivity contribution in [1.29, 1.82) is 0 Å². The van der Waals surface area contributed by atoms with Gasteiger partial charge in [-0.2, -0.15) is 13.2 Å². The third-order valence-corrected chi connectivity index (χ3v) is 9.71. The van der Waals surface area contributed by atoms with E-state index in [1.54, 1.807) is 0 Å². The Balaban J connectivity index is 0.974. The summed E-state index contributed by atoms with van der Waals surface area (Å²) < 4.78 is 53.0. The number of hydrogen-bond donors (Lipinski definition) is 2. The van der Waals surface area contributed by atoms with Crippen LogP contribution in [-0.4, -0.2) is 37.8 Å². The summed E-state index contributed by atoms with van der Waals surface area (Å²) in [6.45, 7) is 0. The first kappa shape index (κ1) is 28.2. The molecule has 4 heterocycles. The van der Waals surface area contributed by atoms with E-state index in [0.29, 0.717) is 22.6 Å². The molecule has 232 valence electrons. The monoisotopic (exact) mass is 616 g/mol. The summed E-state index contributed by atoms with van der Waals surface area (Å²) in [5.74, 6) is 0.603. The lowest BCUT2D eigenvalue weighted by molar-refractivity contribution is -0.140. The van der Waals surface area contributed by atoms with Gasteiger partial charge in [0.05, 0.1) is 11.6 Å². The predicted octanol–water partition coefficient (Wildman–Crippen LogP) is 7.71.